The molecule has 0 saturated carbocycles. The zero-order valence-electron chi connectivity index (χ0n) is 8.56. The molecule has 0 spiro atoms. The van der Waals surface area contributed by atoms with Gasteiger partial charge in [0.1, 0.15) is 6.10 Å². The number of hydrogen-bond donors (Lipinski definition) is 2. The number of rotatable bonds is 5. The van der Waals surface area contributed by atoms with Gasteiger partial charge in [0.15, 0.2) is 0 Å². The number of alkyl halides is 1. The predicted molar refractivity (Wildman–Crippen MR) is 67.6 cm³/mol. The van der Waals surface area contributed by atoms with Crippen LogP contribution in [0, 0.1) is 0 Å². The molecular weight excluding hydrogens is 276 g/mol. The highest BCUT2D eigenvalue weighted by Gasteiger charge is 2.16. The molecule has 0 aliphatic rings. The van der Waals surface area contributed by atoms with Gasteiger partial charge >= 0.3 is 0 Å². The fourth-order valence-corrected chi connectivity index (χ4v) is 2.34. The van der Waals surface area contributed by atoms with E-state index in [2.05, 4.69) is 22.9 Å². The summed E-state index contributed by atoms with van der Waals surface area (Å²) in [7, 11) is 0. The van der Waals surface area contributed by atoms with E-state index in [0.29, 0.717) is 5.33 Å². The summed E-state index contributed by atoms with van der Waals surface area (Å²) in [6.07, 6.45) is -1.58. The van der Waals surface area contributed by atoms with Gasteiger partial charge in [-0.3, -0.25) is 0 Å². The van der Waals surface area contributed by atoms with Crippen molar-refractivity contribution < 1.29 is 10.2 Å². The summed E-state index contributed by atoms with van der Waals surface area (Å²) in [6, 6.07) is 7.66. The Balaban J connectivity index is 2.80. The Morgan fingerprint density at radius 2 is 2.13 bits per heavy atom. The van der Waals surface area contributed by atoms with Crippen LogP contribution in [-0.2, 0) is 0 Å². The summed E-state index contributed by atoms with van der Waals surface area (Å²) in [5.74, 6) is 1.00. The average molecular weight is 291 g/mol. The molecule has 0 aromatic heterocycles. The molecule has 0 fully saturated rings. The standard InChI is InChI=1S/C11H15BrO2S/c1-2-15-9-5-3-4-8(6-9)11(14)10(13)7-12/h3-6,10-11,13-14H,2,7H2,1H3. The minimum atomic E-state index is -0.818. The quantitative estimate of drug-likeness (QED) is 0.647. The molecule has 4 heteroatoms. The number of halogens is 1. The molecule has 0 saturated heterocycles. The Hall–Kier alpha value is -0.0300. The monoisotopic (exact) mass is 290 g/mol. The van der Waals surface area contributed by atoms with Gasteiger partial charge in [-0.15, -0.1) is 11.8 Å². The van der Waals surface area contributed by atoms with E-state index in [1.165, 1.54) is 0 Å². The molecule has 2 N–H and O–H groups in total. The van der Waals surface area contributed by atoms with Crippen molar-refractivity contribution in [3.63, 3.8) is 0 Å². The SMILES string of the molecule is CCSc1cccc(C(O)C(O)CBr)c1. The van der Waals surface area contributed by atoms with Gasteiger partial charge < -0.3 is 10.2 Å². The minimum Gasteiger partial charge on any atom is -0.389 e. The molecule has 2 atom stereocenters. The molecule has 0 amide bonds. The van der Waals surface area contributed by atoms with Gasteiger partial charge in [0.2, 0.25) is 0 Å². The second-order valence-corrected chi connectivity index (χ2v) is 5.16. The van der Waals surface area contributed by atoms with Crippen molar-refractivity contribution in [1.29, 1.82) is 0 Å². The zero-order chi connectivity index (χ0) is 11.3. The van der Waals surface area contributed by atoms with Crippen molar-refractivity contribution in [3.05, 3.63) is 29.8 Å². The topological polar surface area (TPSA) is 40.5 Å². The summed E-state index contributed by atoms with van der Waals surface area (Å²) >= 11 is 4.87. The lowest BCUT2D eigenvalue weighted by atomic mass is 10.1. The Kier molecular flexibility index (Phi) is 5.68. The largest absolute Gasteiger partial charge is 0.389 e. The lowest BCUT2D eigenvalue weighted by Gasteiger charge is -2.16. The number of hydrogen-bond acceptors (Lipinski definition) is 3. The first-order valence-corrected chi connectivity index (χ1v) is 6.94. The van der Waals surface area contributed by atoms with Gasteiger partial charge in [0.25, 0.3) is 0 Å². The van der Waals surface area contributed by atoms with Crippen LogP contribution >= 0.6 is 27.7 Å². The number of thioether (sulfide) groups is 1. The number of aliphatic hydroxyl groups excluding tert-OH is 2. The summed E-state index contributed by atoms with van der Waals surface area (Å²) in [5.41, 5.74) is 0.764. The van der Waals surface area contributed by atoms with Crippen LogP contribution in [0.2, 0.25) is 0 Å². The third-order valence-electron chi connectivity index (χ3n) is 2.03. The van der Waals surface area contributed by atoms with Crippen LogP contribution in [0.25, 0.3) is 0 Å². The molecule has 0 radical (unpaired) electrons. The van der Waals surface area contributed by atoms with Gasteiger partial charge in [-0.2, -0.15) is 0 Å². The van der Waals surface area contributed by atoms with Crippen LogP contribution < -0.4 is 0 Å². The molecule has 2 unspecified atom stereocenters. The highest BCUT2D eigenvalue weighted by molar-refractivity contribution is 9.09. The molecule has 0 aliphatic heterocycles. The first-order chi connectivity index (χ1) is 7.19. The maximum Gasteiger partial charge on any atom is 0.106 e. The highest BCUT2D eigenvalue weighted by Crippen LogP contribution is 2.24. The summed E-state index contributed by atoms with van der Waals surface area (Å²) in [6.45, 7) is 2.08. The van der Waals surface area contributed by atoms with E-state index < -0.39 is 12.2 Å². The third kappa shape index (κ3) is 3.79. The normalized spacial score (nSPS) is 14.9. The fourth-order valence-electron chi connectivity index (χ4n) is 1.26. The van der Waals surface area contributed by atoms with Gasteiger partial charge in [0, 0.05) is 10.2 Å². The van der Waals surface area contributed by atoms with Crippen LogP contribution in [0.1, 0.15) is 18.6 Å². The molecule has 1 aromatic rings. The Morgan fingerprint density at radius 3 is 2.73 bits per heavy atom. The van der Waals surface area contributed by atoms with Crippen molar-refractivity contribution in [2.24, 2.45) is 0 Å². The predicted octanol–water partition coefficient (Wildman–Crippen LogP) is 2.59. The van der Waals surface area contributed by atoms with E-state index in [1.807, 2.05) is 24.3 Å². The van der Waals surface area contributed by atoms with E-state index in [9.17, 15) is 10.2 Å². The molecule has 84 valence electrons. The van der Waals surface area contributed by atoms with Gasteiger partial charge in [-0.25, -0.2) is 0 Å². The van der Waals surface area contributed by atoms with Crippen LogP contribution in [0.4, 0.5) is 0 Å². The van der Waals surface area contributed by atoms with Crippen molar-refractivity contribution >= 4 is 27.7 Å². The third-order valence-corrected chi connectivity index (χ3v) is 3.57. The second-order valence-electron chi connectivity index (χ2n) is 3.17. The summed E-state index contributed by atoms with van der Waals surface area (Å²) in [5, 5.41) is 19.7. The smallest absolute Gasteiger partial charge is 0.106 e. The maximum absolute atomic E-state index is 9.79. The van der Waals surface area contributed by atoms with E-state index in [0.717, 1.165) is 16.2 Å². The van der Waals surface area contributed by atoms with Crippen LogP contribution in [0.3, 0.4) is 0 Å². The molecule has 0 aliphatic carbocycles. The van der Waals surface area contributed by atoms with E-state index in [1.54, 1.807) is 11.8 Å². The average Bonchev–Trinajstić information content (AvgIpc) is 2.28. The summed E-state index contributed by atoms with van der Waals surface area (Å²) in [4.78, 5) is 1.12. The van der Waals surface area contributed by atoms with Gasteiger partial charge in [-0.05, 0) is 23.4 Å². The van der Waals surface area contributed by atoms with Crippen molar-refractivity contribution in [2.45, 2.75) is 24.0 Å². The first kappa shape index (κ1) is 13.0. The Bertz CT molecular complexity index is 306. The lowest BCUT2D eigenvalue weighted by Crippen LogP contribution is -2.19. The Morgan fingerprint density at radius 1 is 1.40 bits per heavy atom. The molecular formula is C11H15BrO2S. The van der Waals surface area contributed by atoms with Crippen molar-refractivity contribution in [1.82, 2.24) is 0 Å². The van der Waals surface area contributed by atoms with Crippen molar-refractivity contribution in [3.8, 4) is 0 Å². The molecule has 0 heterocycles. The molecule has 2 nitrogen and oxygen atoms in total. The van der Waals surface area contributed by atoms with E-state index >= 15 is 0 Å². The minimum absolute atomic E-state index is 0.374. The molecule has 0 bridgehead atoms. The van der Waals surface area contributed by atoms with Crippen molar-refractivity contribution in [2.75, 3.05) is 11.1 Å². The van der Waals surface area contributed by atoms with Crippen LogP contribution in [-0.4, -0.2) is 27.4 Å². The highest BCUT2D eigenvalue weighted by atomic mass is 79.9. The fraction of sp³-hybridized carbons (Fsp3) is 0.455. The Labute approximate surface area is 103 Å². The maximum atomic E-state index is 9.79. The van der Waals surface area contributed by atoms with Crippen LogP contribution in [0.15, 0.2) is 29.2 Å². The summed E-state index contributed by atoms with van der Waals surface area (Å²) < 4.78 is 0. The second kappa shape index (κ2) is 6.53. The van der Waals surface area contributed by atoms with Gasteiger partial charge in [0.05, 0.1) is 6.10 Å². The zero-order valence-corrected chi connectivity index (χ0v) is 11.0. The van der Waals surface area contributed by atoms with Crippen LogP contribution in [0.5, 0.6) is 0 Å². The number of aliphatic hydroxyl groups is 2. The first-order valence-electron chi connectivity index (χ1n) is 4.84. The van der Waals surface area contributed by atoms with E-state index in [4.69, 9.17) is 0 Å². The molecule has 15 heavy (non-hydrogen) atoms. The van der Waals surface area contributed by atoms with E-state index in [-0.39, 0.29) is 0 Å². The molecule has 1 rings (SSSR count). The lowest BCUT2D eigenvalue weighted by molar-refractivity contribution is 0.0341. The van der Waals surface area contributed by atoms with Gasteiger partial charge in [-0.1, -0.05) is 35.0 Å². The molecule has 1 aromatic carbocycles. The number of benzene rings is 1.